The average molecular weight is 247 g/mol. The van der Waals surface area contributed by atoms with E-state index in [2.05, 4.69) is 52.6 Å². The number of fused-ring (bicyclic) bond motifs is 1. The third-order valence-corrected chi connectivity index (χ3v) is 4.14. The molecule has 2 aliphatic heterocycles. The van der Waals surface area contributed by atoms with Crippen LogP contribution in [-0.4, -0.2) is 28.1 Å². The second-order valence-electron chi connectivity index (χ2n) is 4.60. The van der Waals surface area contributed by atoms with Crippen molar-refractivity contribution in [2.75, 3.05) is 13.1 Å². The molecule has 0 aliphatic carbocycles. The molecule has 0 radical (unpaired) electrons. The number of rotatable bonds is 2. The van der Waals surface area contributed by atoms with Crippen LogP contribution in [0.1, 0.15) is 25.3 Å². The quantitative estimate of drug-likeness (QED) is 0.806. The highest BCUT2D eigenvalue weighted by Gasteiger charge is 2.52. The highest BCUT2D eigenvalue weighted by molar-refractivity contribution is 7.80. The third kappa shape index (κ3) is 1.40. The third-order valence-electron chi connectivity index (χ3n) is 3.83. The van der Waals surface area contributed by atoms with Gasteiger partial charge < -0.3 is 4.90 Å². The molecule has 0 spiro atoms. The van der Waals surface area contributed by atoms with Crippen molar-refractivity contribution in [3.8, 4) is 0 Å². The van der Waals surface area contributed by atoms with E-state index in [-0.39, 0.29) is 5.66 Å². The minimum atomic E-state index is -0.0485. The van der Waals surface area contributed by atoms with Crippen molar-refractivity contribution >= 4 is 17.3 Å². The molecule has 2 heterocycles. The van der Waals surface area contributed by atoms with E-state index in [4.69, 9.17) is 12.2 Å². The predicted octanol–water partition coefficient (Wildman–Crippen LogP) is 2.06. The highest BCUT2D eigenvalue weighted by Crippen LogP contribution is 2.43. The molecule has 2 saturated heterocycles. The van der Waals surface area contributed by atoms with Crippen molar-refractivity contribution in [2.45, 2.75) is 25.4 Å². The fourth-order valence-corrected chi connectivity index (χ4v) is 3.53. The van der Waals surface area contributed by atoms with Crippen LogP contribution in [0.25, 0.3) is 0 Å². The molecular weight excluding hydrogens is 230 g/mol. The van der Waals surface area contributed by atoms with E-state index in [1.807, 2.05) is 0 Å². The lowest BCUT2D eigenvalue weighted by molar-refractivity contribution is 0.0443. The van der Waals surface area contributed by atoms with E-state index in [1.165, 1.54) is 12.0 Å². The van der Waals surface area contributed by atoms with Gasteiger partial charge in [0.25, 0.3) is 0 Å². The molecule has 90 valence electrons. The second kappa shape index (κ2) is 3.96. The van der Waals surface area contributed by atoms with Crippen LogP contribution in [-0.2, 0) is 5.66 Å². The van der Waals surface area contributed by atoms with Gasteiger partial charge in [-0.05, 0) is 37.5 Å². The van der Waals surface area contributed by atoms with E-state index in [0.717, 1.165) is 24.6 Å². The molecule has 0 bridgehead atoms. The molecular formula is C13H17N3S. The summed E-state index contributed by atoms with van der Waals surface area (Å²) in [6.07, 6.45) is 2.35. The lowest BCUT2D eigenvalue weighted by atomic mass is 9.96. The van der Waals surface area contributed by atoms with Gasteiger partial charge in [-0.15, -0.1) is 0 Å². The van der Waals surface area contributed by atoms with Gasteiger partial charge in [-0.1, -0.05) is 30.3 Å². The summed E-state index contributed by atoms with van der Waals surface area (Å²) >= 11 is 5.44. The molecule has 0 amide bonds. The number of hydrogen-bond acceptors (Lipinski definition) is 2. The maximum absolute atomic E-state index is 5.44. The zero-order valence-electron chi connectivity index (χ0n) is 10.0. The van der Waals surface area contributed by atoms with E-state index in [1.54, 1.807) is 0 Å². The van der Waals surface area contributed by atoms with Crippen LogP contribution in [0, 0.1) is 0 Å². The van der Waals surface area contributed by atoms with E-state index >= 15 is 0 Å². The van der Waals surface area contributed by atoms with Crippen molar-refractivity contribution in [1.82, 2.24) is 15.3 Å². The zero-order chi connectivity index (χ0) is 11.9. The first-order valence-electron chi connectivity index (χ1n) is 6.20. The highest BCUT2D eigenvalue weighted by atomic mass is 32.1. The predicted molar refractivity (Wildman–Crippen MR) is 72.2 cm³/mol. The molecule has 1 aromatic rings. The monoisotopic (exact) mass is 247 g/mol. The van der Waals surface area contributed by atoms with Crippen molar-refractivity contribution in [1.29, 1.82) is 0 Å². The standard InChI is InChI=1S/C13H17N3S/c1-2-15-12(17)14-16-10-6-9-13(15,16)11-7-4-3-5-8-11/h3-5,7-8H,2,6,9-10H2,1H3,(H,14,17). The molecule has 0 aromatic heterocycles. The molecule has 2 fully saturated rings. The van der Waals surface area contributed by atoms with Gasteiger partial charge in [0, 0.05) is 13.1 Å². The molecule has 1 aromatic carbocycles. The first-order valence-corrected chi connectivity index (χ1v) is 6.61. The Labute approximate surface area is 107 Å². The summed E-state index contributed by atoms with van der Waals surface area (Å²) in [5, 5.41) is 3.16. The van der Waals surface area contributed by atoms with Crippen molar-refractivity contribution in [3.05, 3.63) is 35.9 Å². The number of hydrazine groups is 1. The summed E-state index contributed by atoms with van der Waals surface area (Å²) in [5.74, 6) is 0. The lowest BCUT2D eigenvalue weighted by Gasteiger charge is -2.38. The number of hydrogen-bond donors (Lipinski definition) is 1. The molecule has 4 heteroatoms. The Hall–Kier alpha value is -1.13. The Morgan fingerprint density at radius 2 is 2.12 bits per heavy atom. The second-order valence-corrected chi connectivity index (χ2v) is 4.99. The van der Waals surface area contributed by atoms with Crippen molar-refractivity contribution in [3.63, 3.8) is 0 Å². The molecule has 3 rings (SSSR count). The maximum atomic E-state index is 5.44. The Balaban J connectivity index is 2.11. The summed E-state index contributed by atoms with van der Waals surface area (Å²) in [5.41, 5.74) is 4.64. The molecule has 1 N–H and O–H groups in total. The van der Waals surface area contributed by atoms with E-state index in [0.29, 0.717) is 0 Å². The molecule has 2 aliphatic rings. The summed E-state index contributed by atoms with van der Waals surface area (Å²) in [6, 6.07) is 10.7. The number of thiocarbonyl (C=S) groups is 1. The maximum Gasteiger partial charge on any atom is 0.185 e. The van der Waals surface area contributed by atoms with Crippen molar-refractivity contribution in [2.24, 2.45) is 0 Å². The molecule has 1 atom stereocenters. The van der Waals surface area contributed by atoms with Gasteiger partial charge in [0.05, 0.1) is 0 Å². The summed E-state index contributed by atoms with van der Waals surface area (Å²) in [6.45, 7) is 4.17. The first kappa shape index (κ1) is 11.0. The van der Waals surface area contributed by atoms with Crippen LogP contribution in [0.4, 0.5) is 0 Å². The summed E-state index contributed by atoms with van der Waals surface area (Å²) < 4.78 is 0. The fraction of sp³-hybridized carbons (Fsp3) is 0.462. The van der Waals surface area contributed by atoms with Crippen LogP contribution < -0.4 is 5.43 Å². The minimum Gasteiger partial charge on any atom is -0.324 e. The minimum absolute atomic E-state index is 0.0485. The van der Waals surface area contributed by atoms with E-state index in [9.17, 15) is 0 Å². The number of benzene rings is 1. The Morgan fingerprint density at radius 3 is 2.82 bits per heavy atom. The smallest absolute Gasteiger partial charge is 0.185 e. The Morgan fingerprint density at radius 1 is 1.35 bits per heavy atom. The first-order chi connectivity index (χ1) is 8.29. The summed E-state index contributed by atoms with van der Waals surface area (Å²) in [7, 11) is 0. The van der Waals surface area contributed by atoms with E-state index < -0.39 is 0 Å². The van der Waals surface area contributed by atoms with Crippen LogP contribution in [0.2, 0.25) is 0 Å². The topological polar surface area (TPSA) is 18.5 Å². The van der Waals surface area contributed by atoms with Gasteiger partial charge >= 0.3 is 0 Å². The van der Waals surface area contributed by atoms with Crippen LogP contribution in [0.3, 0.4) is 0 Å². The lowest BCUT2D eigenvalue weighted by Crippen LogP contribution is -2.48. The average Bonchev–Trinajstić information content (AvgIpc) is 2.86. The van der Waals surface area contributed by atoms with Gasteiger partial charge in [0.15, 0.2) is 5.11 Å². The summed E-state index contributed by atoms with van der Waals surface area (Å²) in [4.78, 5) is 2.31. The van der Waals surface area contributed by atoms with Crippen molar-refractivity contribution < 1.29 is 0 Å². The van der Waals surface area contributed by atoms with Gasteiger partial charge in [-0.25, -0.2) is 0 Å². The van der Waals surface area contributed by atoms with Crippen LogP contribution in [0.5, 0.6) is 0 Å². The number of nitrogens with zero attached hydrogens (tertiary/aromatic N) is 2. The van der Waals surface area contributed by atoms with Gasteiger partial charge in [0.1, 0.15) is 5.66 Å². The molecule has 1 unspecified atom stereocenters. The molecule has 3 nitrogen and oxygen atoms in total. The molecule has 17 heavy (non-hydrogen) atoms. The Kier molecular flexibility index (Phi) is 2.56. The van der Waals surface area contributed by atoms with Crippen LogP contribution >= 0.6 is 12.2 Å². The number of nitrogens with one attached hydrogen (secondary N) is 1. The largest absolute Gasteiger partial charge is 0.324 e. The zero-order valence-corrected chi connectivity index (χ0v) is 10.8. The molecule has 0 saturated carbocycles. The Bertz CT molecular complexity index is 434. The SMILES string of the molecule is CCN1C(=S)NN2CCCC21c1ccccc1. The van der Waals surface area contributed by atoms with Gasteiger partial charge in [-0.3, -0.25) is 5.43 Å². The fourth-order valence-electron chi connectivity index (χ4n) is 3.14. The van der Waals surface area contributed by atoms with Crippen LogP contribution in [0.15, 0.2) is 30.3 Å². The van der Waals surface area contributed by atoms with Gasteiger partial charge in [-0.2, -0.15) is 5.01 Å². The normalized spacial score (nSPS) is 28.3. The van der Waals surface area contributed by atoms with Gasteiger partial charge in [0.2, 0.25) is 0 Å².